The molecule has 1 aliphatic heterocycles. The third-order valence-corrected chi connectivity index (χ3v) is 6.21. The zero-order chi connectivity index (χ0) is 26.3. The average molecular weight is 504 g/mol. The number of carbonyl (C=O) groups excluding carboxylic acids is 2. The SMILES string of the molecule is Cc1cc(C(=O)O)ccc1-n1c(C)cc(/C=C2\C(=O)NC(=S)N(c3ccc(C(=O)O)cc3)C2=O)c1C. The summed E-state index contributed by atoms with van der Waals surface area (Å²) < 4.78 is 1.92. The molecular formula is C26H21N3O6S. The maximum atomic E-state index is 13.3. The van der Waals surface area contributed by atoms with Crippen molar-refractivity contribution in [2.45, 2.75) is 20.8 Å². The van der Waals surface area contributed by atoms with Crippen LogP contribution in [0.2, 0.25) is 0 Å². The molecule has 0 aliphatic carbocycles. The molecule has 3 aromatic rings. The van der Waals surface area contributed by atoms with Gasteiger partial charge in [0.05, 0.1) is 16.8 Å². The van der Waals surface area contributed by atoms with E-state index >= 15 is 0 Å². The van der Waals surface area contributed by atoms with Crippen LogP contribution in [-0.4, -0.2) is 43.6 Å². The third-order valence-electron chi connectivity index (χ3n) is 5.93. The largest absolute Gasteiger partial charge is 0.478 e. The number of carboxylic acids is 2. The van der Waals surface area contributed by atoms with Crippen LogP contribution in [0.25, 0.3) is 11.8 Å². The van der Waals surface area contributed by atoms with E-state index in [1.807, 2.05) is 31.4 Å². The Labute approximate surface area is 211 Å². The van der Waals surface area contributed by atoms with Gasteiger partial charge in [0.1, 0.15) is 5.57 Å². The molecule has 2 aromatic carbocycles. The number of thiocarbonyl (C=S) groups is 1. The van der Waals surface area contributed by atoms with E-state index in [9.17, 15) is 24.3 Å². The van der Waals surface area contributed by atoms with Gasteiger partial charge in [-0.1, -0.05) is 0 Å². The van der Waals surface area contributed by atoms with Crippen molar-refractivity contribution in [2.24, 2.45) is 0 Å². The van der Waals surface area contributed by atoms with Gasteiger partial charge in [-0.2, -0.15) is 0 Å². The number of aromatic carboxylic acids is 2. The van der Waals surface area contributed by atoms with Gasteiger partial charge in [0.2, 0.25) is 0 Å². The van der Waals surface area contributed by atoms with Gasteiger partial charge in [-0.25, -0.2) is 9.59 Å². The second-order valence-corrected chi connectivity index (χ2v) is 8.66. The highest BCUT2D eigenvalue weighted by atomic mass is 32.1. The number of hydrogen-bond acceptors (Lipinski definition) is 5. The van der Waals surface area contributed by atoms with Crippen LogP contribution >= 0.6 is 12.2 Å². The molecule has 4 rings (SSSR count). The summed E-state index contributed by atoms with van der Waals surface area (Å²) in [6.07, 6.45) is 1.48. The van der Waals surface area contributed by atoms with Crippen LogP contribution in [0.3, 0.4) is 0 Å². The van der Waals surface area contributed by atoms with Crippen LogP contribution in [0.15, 0.2) is 54.1 Å². The predicted octanol–water partition coefficient (Wildman–Crippen LogP) is 3.63. The van der Waals surface area contributed by atoms with E-state index in [1.165, 1.54) is 36.4 Å². The monoisotopic (exact) mass is 503 g/mol. The van der Waals surface area contributed by atoms with Crippen molar-refractivity contribution in [1.82, 2.24) is 9.88 Å². The number of nitrogens with zero attached hydrogens (tertiary/aromatic N) is 2. The van der Waals surface area contributed by atoms with Crippen molar-refractivity contribution in [3.05, 3.63) is 87.7 Å². The summed E-state index contributed by atoms with van der Waals surface area (Å²) in [7, 11) is 0. The lowest BCUT2D eigenvalue weighted by atomic mass is 10.1. The molecule has 0 bridgehead atoms. The second-order valence-electron chi connectivity index (χ2n) is 8.28. The Morgan fingerprint density at radius 2 is 1.53 bits per heavy atom. The number of aromatic nitrogens is 1. The Hall–Kier alpha value is -4.57. The van der Waals surface area contributed by atoms with Gasteiger partial charge in [0.15, 0.2) is 5.11 Å². The van der Waals surface area contributed by atoms with Crippen molar-refractivity contribution in [1.29, 1.82) is 0 Å². The number of rotatable bonds is 5. The fraction of sp³-hybridized carbons (Fsp3) is 0.115. The van der Waals surface area contributed by atoms with E-state index in [2.05, 4.69) is 5.32 Å². The molecule has 1 fully saturated rings. The minimum Gasteiger partial charge on any atom is -0.478 e. The smallest absolute Gasteiger partial charge is 0.335 e. The van der Waals surface area contributed by atoms with Crippen LogP contribution in [0, 0.1) is 20.8 Å². The molecule has 1 aromatic heterocycles. The first kappa shape index (κ1) is 24.6. The van der Waals surface area contributed by atoms with E-state index in [0.29, 0.717) is 11.3 Å². The summed E-state index contributed by atoms with van der Waals surface area (Å²) in [5.41, 5.74) is 4.14. The maximum Gasteiger partial charge on any atom is 0.335 e. The molecule has 182 valence electrons. The Kier molecular flexibility index (Phi) is 6.30. The highest BCUT2D eigenvalue weighted by Crippen LogP contribution is 2.28. The second kappa shape index (κ2) is 9.23. The summed E-state index contributed by atoms with van der Waals surface area (Å²) in [5, 5.41) is 20.8. The number of benzene rings is 2. The molecule has 1 saturated heterocycles. The Bertz CT molecular complexity index is 1500. The molecule has 0 radical (unpaired) electrons. The van der Waals surface area contributed by atoms with E-state index < -0.39 is 23.8 Å². The number of carbonyl (C=O) groups is 4. The van der Waals surface area contributed by atoms with E-state index in [-0.39, 0.29) is 21.8 Å². The van der Waals surface area contributed by atoms with Gasteiger partial charge >= 0.3 is 11.9 Å². The number of carboxylic acid groups (broad SMARTS) is 2. The van der Waals surface area contributed by atoms with E-state index in [0.717, 1.165) is 27.5 Å². The zero-order valence-corrected chi connectivity index (χ0v) is 20.3. The highest BCUT2D eigenvalue weighted by Gasteiger charge is 2.34. The molecule has 10 heteroatoms. The van der Waals surface area contributed by atoms with Crippen molar-refractivity contribution in [3.8, 4) is 5.69 Å². The van der Waals surface area contributed by atoms with Crippen LogP contribution in [0.1, 0.15) is 43.2 Å². The van der Waals surface area contributed by atoms with Crippen molar-refractivity contribution in [3.63, 3.8) is 0 Å². The summed E-state index contributed by atoms with van der Waals surface area (Å²) in [6, 6.07) is 12.2. The maximum absolute atomic E-state index is 13.3. The quantitative estimate of drug-likeness (QED) is 0.275. The molecule has 0 spiro atoms. The molecule has 2 amide bonds. The first-order chi connectivity index (χ1) is 17.0. The fourth-order valence-corrected chi connectivity index (χ4v) is 4.43. The average Bonchev–Trinajstić information content (AvgIpc) is 3.09. The highest BCUT2D eigenvalue weighted by molar-refractivity contribution is 7.80. The fourth-order valence-electron chi connectivity index (χ4n) is 4.14. The molecule has 9 nitrogen and oxygen atoms in total. The number of anilines is 1. The van der Waals surface area contributed by atoms with Gasteiger partial charge in [-0.15, -0.1) is 0 Å². The van der Waals surface area contributed by atoms with Crippen LogP contribution in [0.5, 0.6) is 0 Å². The summed E-state index contributed by atoms with van der Waals surface area (Å²) in [4.78, 5) is 49.6. The van der Waals surface area contributed by atoms with Gasteiger partial charge in [-0.3, -0.25) is 19.8 Å². The molecule has 2 heterocycles. The van der Waals surface area contributed by atoms with Gasteiger partial charge in [-0.05, 0) is 98.7 Å². The van der Waals surface area contributed by atoms with Crippen molar-refractivity contribution in [2.75, 3.05) is 4.90 Å². The standard InChI is InChI=1S/C26H21N3O6S/c1-13-10-17(25(34)35)6-9-21(13)28-14(2)11-18(15(28)3)12-20-22(30)27-26(36)29(23(20)31)19-7-4-16(5-8-19)24(32)33/h4-12H,1-3H3,(H,32,33)(H,34,35)(H,27,30,36)/b20-12+. The normalized spacial score (nSPS) is 14.8. The van der Waals surface area contributed by atoms with E-state index in [4.69, 9.17) is 17.3 Å². The third kappa shape index (κ3) is 4.29. The molecular weight excluding hydrogens is 482 g/mol. The molecule has 3 N–H and O–H groups in total. The molecule has 0 atom stereocenters. The number of amides is 2. The summed E-state index contributed by atoms with van der Waals surface area (Å²) in [6.45, 7) is 5.52. The Morgan fingerprint density at radius 3 is 2.11 bits per heavy atom. The molecule has 36 heavy (non-hydrogen) atoms. The van der Waals surface area contributed by atoms with E-state index in [1.54, 1.807) is 12.1 Å². The minimum absolute atomic E-state index is 0.0491. The lowest BCUT2D eigenvalue weighted by Gasteiger charge is -2.29. The van der Waals surface area contributed by atoms with Crippen LogP contribution in [-0.2, 0) is 9.59 Å². The lowest BCUT2D eigenvalue weighted by molar-refractivity contribution is -0.122. The molecule has 0 unspecified atom stereocenters. The zero-order valence-electron chi connectivity index (χ0n) is 19.5. The van der Waals surface area contributed by atoms with Gasteiger partial charge in [0, 0.05) is 17.1 Å². The summed E-state index contributed by atoms with van der Waals surface area (Å²) in [5.74, 6) is -3.40. The molecule has 1 aliphatic rings. The van der Waals surface area contributed by atoms with Gasteiger partial charge < -0.3 is 14.8 Å². The summed E-state index contributed by atoms with van der Waals surface area (Å²) >= 11 is 5.21. The first-order valence-corrected chi connectivity index (χ1v) is 11.2. The first-order valence-electron chi connectivity index (χ1n) is 10.8. The Balaban J connectivity index is 1.74. The topological polar surface area (TPSA) is 129 Å². The van der Waals surface area contributed by atoms with Gasteiger partial charge in [0.25, 0.3) is 11.8 Å². The number of aryl methyl sites for hydroxylation is 2. The molecule has 0 saturated carbocycles. The van der Waals surface area contributed by atoms with Crippen molar-refractivity contribution >= 4 is 52.8 Å². The number of nitrogens with one attached hydrogen (secondary N) is 1. The Morgan fingerprint density at radius 1 is 0.917 bits per heavy atom. The minimum atomic E-state index is -1.11. The van der Waals surface area contributed by atoms with Crippen LogP contribution in [0.4, 0.5) is 5.69 Å². The van der Waals surface area contributed by atoms with Crippen LogP contribution < -0.4 is 10.2 Å². The predicted molar refractivity (Wildman–Crippen MR) is 137 cm³/mol. The van der Waals surface area contributed by atoms with Crippen molar-refractivity contribution < 1.29 is 29.4 Å². The number of hydrogen-bond donors (Lipinski definition) is 3. The lowest BCUT2D eigenvalue weighted by Crippen LogP contribution is -2.54.